The molecule has 1 aromatic rings. The van der Waals surface area contributed by atoms with Crippen LogP contribution in [0.15, 0.2) is 15.9 Å². The average molecular weight is 275 g/mol. The average Bonchev–Trinajstić information content (AvgIpc) is 2.56. The fourth-order valence-electron chi connectivity index (χ4n) is 1.56. The third-order valence-corrected chi connectivity index (χ3v) is 4.34. The van der Waals surface area contributed by atoms with Crippen LogP contribution in [0.2, 0.25) is 0 Å². The van der Waals surface area contributed by atoms with Crippen molar-refractivity contribution in [1.29, 1.82) is 0 Å². The smallest absolute Gasteiger partial charge is 0.140 e. The van der Waals surface area contributed by atoms with E-state index < -0.39 is 0 Å². The first-order valence-corrected chi connectivity index (χ1v) is 6.27. The first-order valence-electron chi connectivity index (χ1n) is 4.59. The Kier molecular flexibility index (Phi) is 3.36. The van der Waals surface area contributed by atoms with Gasteiger partial charge in [-0.25, -0.2) is 0 Å². The molecular formula is C10H11BrO2S. The number of Topliss-reactive ketones (excluding diaryl/α,β-unsaturated/α-hetero) is 1. The predicted octanol–water partition coefficient (Wildman–Crippen LogP) is 2.66. The number of rotatable bonds is 2. The minimum absolute atomic E-state index is 0.0682. The maximum Gasteiger partial charge on any atom is 0.140 e. The van der Waals surface area contributed by atoms with Crippen molar-refractivity contribution >= 4 is 33.0 Å². The maximum atomic E-state index is 11.5. The Hall–Kier alpha value is -0.190. The summed E-state index contributed by atoms with van der Waals surface area (Å²) in [5.74, 6) is 0.412. The van der Waals surface area contributed by atoms with Crippen LogP contribution in [0.5, 0.6) is 0 Å². The molecule has 2 heterocycles. The molecule has 14 heavy (non-hydrogen) atoms. The molecule has 0 amide bonds. The Bertz CT molecular complexity index is 335. The first kappa shape index (κ1) is 10.3. The van der Waals surface area contributed by atoms with Crippen molar-refractivity contribution in [2.24, 2.45) is 5.92 Å². The van der Waals surface area contributed by atoms with Crippen LogP contribution in [0.3, 0.4) is 0 Å². The predicted molar refractivity (Wildman–Crippen MR) is 59.7 cm³/mol. The molecule has 0 radical (unpaired) electrons. The molecule has 0 aliphatic carbocycles. The summed E-state index contributed by atoms with van der Waals surface area (Å²) in [6, 6.07) is 2.02. The van der Waals surface area contributed by atoms with Gasteiger partial charge in [-0.3, -0.25) is 4.79 Å². The van der Waals surface area contributed by atoms with E-state index in [2.05, 4.69) is 15.9 Å². The van der Waals surface area contributed by atoms with Gasteiger partial charge in [-0.15, -0.1) is 11.3 Å². The van der Waals surface area contributed by atoms with Crippen molar-refractivity contribution in [2.45, 2.75) is 12.8 Å². The highest BCUT2D eigenvalue weighted by atomic mass is 79.9. The summed E-state index contributed by atoms with van der Waals surface area (Å²) in [7, 11) is 0. The Morgan fingerprint density at radius 3 is 3.14 bits per heavy atom. The Morgan fingerprint density at radius 2 is 2.50 bits per heavy atom. The van der Waals surface area contributed by atoms with E-state index >= 15 is 0 Å². The normalized spacial score (nSPS) is 22.6. The van der Waals surface area contributed by atoms with Crippen molar-refractivity contribution in [1.82, 2.24) is 0 Å². The summed E-state index contributed by atoms with van der Waals surface area (Å²) in [6.07, 6.45) is 1.39. The highest BCUT2D eigenvalue weighted by Crippen LogP contribution is 2.27. The fraction of sp³-hybridized carbons (Fsp3) is 0.500. The minimum atomic E-state index is 0.0682. The Labute approximate surface area is 95.4 Å². The van der Waals surface area contributed by atoms with E-state index in [4.69, 9.17) is 4.74 Å². The van der Waals surface area contributed by atoms with Gasteiger partial charge in [0, 0.05) is 21.7 Å². The number of carbonyl (C=O) groups excluding carboxylic acids is 1. The topological polar surface area (TPSA) is 26.3 Å². The molecule has 1 atom stereocenters. The summed E-state index contributed by atoms with van der Waals surface area (Å²) in [5, 5.41) is 2.04. The fourth-order valence-corrected chi connectivity index (χ4v) is 3.16. The minimum Gasteiger partial charge on any atom is -0.380 e. The van der Waals surface area contributed by atoms with Crippen LogP contribution >= 0.6 is 27.3 Å². The number of hydrogen-bond donors (Lipinski definition) is 0. The lowest BCUT2D eigenvalue weighted by Gasteiger charge is -2.20. The van der Waals surface area contributed by atoms with Gasteiger partial charge < -0.3 is 4.74 Å². The van der Waals surface area contributed by atoms with Crippen LogP contribution in [-0.4, -0.2) is 19.0 Å². The van der Waals surface area contributed by atoms with Gasteiger partial charge in [0.1, 0.15) is 5.78 Å². The molecule has 1 saturated heterocycles. The summed E-state index contributed by atoms with van der Waals surface area (Å²) >= 11 is 5.16. The summed E-state index contributed by atoms with van der Waals surface area (Å²) in [5.41, 5.74) is 0. The van der Waals surface area contributed by atoms with Crippen LogP contribution in [0.4, 0.5) is 0 Å². The van der Waals surface area contributed by atoms with Crippen LogP contribution in [0.1, 0.15) is 11.3 Å². The van der Waals surface area contributed by atoms with E-state index in [1.165, 1.54) is 4.88 Å². The molecule has 1 aliphatic heterocycles. The second-order valence-electron chi connectivity index (χ2n) is 3.38. The molecule has 2 nitrogen and oxygen atoms in total. The standard InChI is InChI=1S/C10H11BrO2S/c11-8-2-4-14-10(8)5-7-6-13-3-1-9(7)12/h2,4,7H,1,3,5-6H2. The highest BCUT2D eigenvalue weighted by molar-refractivity contribution is 9.10. The van der Waals surface area contributed by atoms with Crippen molar-refractivity contribution in [3.05, 3.63) is 20.8 Å². The van der Waals surface area contributed by atoms with E-state index in [0.717, 1.165) is 10.9 Å². The molecule has 2 rings (SSSR count). The second kappa shape index (κ2) is 4.55. The van der Waals surface area contributed by atoms with Gasteiger partial charge in [0.2, 0.25) is 0 Å². The van der Waals surface area contributed by atoms with Gasteiger partial charge in [-0.1, -0.05) is 0 Å². The lowest BCUT2D eigenvalue weighted by atomic mass is 9.96. The van der Waals surface area contributed by atoms with E-state index in [1.54, 1.807) is 11.3 Å². The number of hydrogen-bond acceptors (Lipinski definition) is 3. The van der Waals surface area contributed by atoms with Crippen LogP contribution < -0.4 is 0 Å². The third-order valence-electron chi connectivity index (χ3n) is 2.39. The molecule has 0 aromatic carbocycles. The van der Waals surface area contributed by atoms with Gasteiger partial charge in [-0.2, -0.15) is 0 Å². The van der Waals surface area contributed by atoms with E-state index in [0.29, 0.717) is 25.4 Å². The van der Waals surface area contributed by atoms with Crippen molar-refractivity contribution in [3.8, 4) is 0 Å². The molecule has 76 valence electrons. The molecule has 1 aliphatic rings. The zero-order valence-electron chi connectivity index (χ0n) is 7.66. The summed E-state index contributed by atoms with van der Waals surface area (Å²) in [4.78, 5) is 12.8. The molecule has 0 N–H and O–H groups in total. The molecular weight excluding hydrogens is 264 g/mol. The van der Waals surface area contributed by atoms with Crippen molar-refractivity contribution < 1.29 is 9.53 Å². The molecule has 1 aromatic heterocycles. The first-order chi connectivity index (χ1) is 6.77. The second-order valence-corrected chi connectivity index (χ2v) is 5.24. The molecule has 0 spiro atoms. The van der Waals surface area contributed by atoms with Gasteiger partial charge in [-0.05, 0) is 33.8 Å². The summed E-state index contributed by atoms with van der Waals surface area (Å²) in [6.45, 7) is 1.18. The quantitative estimate of drug-likeness (QED) is 0.829. The number of halogens is 1. The lowest BCUT2D eigenvalue weighted by molar-refractivity contribution is -0.130. The van der Waals surface area contributed by atoms with E-state index in [1.807, 2.05) is 11.4 Å². The molecule has 0 bridgehead atoms. The Balaban J connectivity index is 2.03. The molecule has 1 unspecified atom stereocenters. The van der Waals surface area contributed by atoms with E-state index in [9.17, 15) is 4.79 Å². The molecule has 1 fully saturated rings. The number of ether oxygens (including phenoxy) is 1. The zero-order chi connectivity index (χ0) is 9.97. The van der Waals surface area contributed by atoms with Crippen LogP contribution in [0.25, 0.3) is 0 Å². The van der Waals surface area contributed by atoms with Gasteiger partial charge >= 0.3 is 0 Å². The third kappa shape index (κ3) is 2.24. The number of thiophene rings is 1. The SMILES string of the molecule is O=C1CCOCC1Cc1sccc1Br. The van der Waals surface area contributed by atoms with E-state index in [-0.39, 0.29) is 5.92 Å². The lowest BCUT2D eigenvalue weighted by Crippen LogP contribution is -2.28. The van der Waals surface area contributed by atoms with Crippen molar-refractivity contribution in [2.75, 3.05) is 13.2 Å². The summed E-state index contributed by atoms with van der Waals surface area (Å²) < 4.78 is 6.42. The van der Waals surface area contributed by atoms with Crippen molar-refractivity contribution in [3.63, 3.8) is 0 Å². The maximum absolute atomic E-state index is 11.5. The van der Waals surface area contributed by atoms with Crippen LogP contribution in [-0.2, 0) is 16.0 Å². The molecule has 0 saturated carbocycles. The largest absolute Gasteiger partial charge is 0.380 e. The van der Waals surface area contributed by atoms with Crippen LogP contribution in [0, 0.1) is 5.92 Å². The zero-order valence-corrected chi connectivity index (χ0v) is 10.1. The number of carbonyl (C=O) groups is 1. The van der Waals surface area contributed by atoms with Gasteiger partial charge in [0.15, 0.2) is 0 Å². The monoisotopic (exact) mass is 274 g/mol. The van der Waals surface area contributed by atoms with Gasteiger partial charge in [0.05, 0.1) is 13.2 Å². The highest BCUT2D eigenvalue weighted by Gasteiger charge is 2.24. The Morgan fingerprint density at radius 1 is 1.64 bits per heavy atom. The number of ketones is 1. The molecule has 4 heteroatoms. The van der Waals surface area contributed by atoms with Gasteiger partial charge in [0.25, 0.3) is 0 Å².